The topological polar surface area (TPSA) is 368 Å². The van der Waals surface area contributed by atoms with Gasteiger partial charge in [-0.2, -0.15) is 11.8 Å². The number of thioether (sulfide) groups is 1. The maximum atomic E-state index is 12.1. The number of ether oxygens (including phenoxy) is 3. The van der Waals surface area contributed by atoms with Crippen molar-refractivity contribution in [1.29, 1.82) is 0 Å². The Morgan fingerprint density at radius 3 is 1.25 bits per heavy atom. The molecule has 3 rings (SSSR count). The van der Waals surface area contributed by atoms with Crippen LogP contribution >= 0.6 is 11.8 Å². The summed E-state index contributed by atoms with van der Waals surface area (Å²) in [5.41, 5.74) is 0. The molecule has 0 aromatic heterocycles. The first-order valence-corrected chi connectivity index (χ1v) is 19.6. The summed E-state index contributed by atoms with van der Waals surface area (Å²) in [6.07, 6.45) is -12.7. The number of aliphatic hydroxyl groups excluding tert-OH is 9. The van der Waals surface area contributed by atoms with E-state index in [9.17, 15) is 74.7 Å². The molecule has 330 valence electrons. The number of carboxylic acid groups (broad SMARTS) is 1. The molecule has 0 aromatic rings. The Morgan fingerprint density at radius 1 is 0.579 bits per heavy atom. The molecule has 13 N–H and O–H groups in total. The fourth-order valence-electron chi connectivity index (χ4n) is 6.23. The highest BCUT2D eigenvalue weighted by Crippen LogP contribution is 2.30. The number of carbonyl (C=O) groups is 6. The Kier molecular flexibility index (Phi) is 22.7. The van der Waals surface area contributed by atoms with Gasteiger partial charge in [0.1, 0.15) is 36.2 Å². The SMILES string of the molecule is CCC1C(O)C(O)OC(C(=O)NCC(=O)N[C@@H](CSC)C(=O)O)C1O.CCC1C(O)C(O)OC(C(=O)NCC(C)=O)C1O.CCC1C(O)C(O)OC(C(C)=O)C1O. The minimum atomic E-state index is -1.63. The van der Waals surface area contributed by atoms with E-state index in [1.165, 1.54) is 25.6 Å². The fraction of sp³-hybridized carbons (Fsp3) is 0.824. The number of carbonyl (C=O) groups excluding carboxylic acids is 5. The zero-order chi connectivity index (χ0) is 43.9. The molecule has 3 amide bonds. The highest BCUT2D eigenvalue weighted by Gasteiger charge is 2.47. The van der Waals surface area contributed by atoms with Crippen molar-refractivity contribution in [2.45, 2.75) is 134 Å². The maximum absolute atomic E-state index is 12.1. The van der Waals surface area contributed by atoms with E-state index in [2.05, 4.69) is 16.0 Å². The molecular formula is C34H59N3O19S. The van der Waals surface area contributed by atoms with Gasteiger partial charge in [0.05, 0.1) is 31.4 Å². The van der Waals surface area contributed by atoms with E-state index in [0.29, 0.717) is 19.3 Å². The number of rotatable bonds is 14. The molecule has 57 heavy (non-hydrogen) atoms. The highest BCUT2D eigenvalue weighted by atomic mass is 32.2. The van der Waals surface area contributed by atoms with Gasteiger partial charge in [0, 0.05) is 23.5 Å². The van der Waals surface area contributed by atoms with Gasteiger partial charge < -0.3 is 81.2 Å². The van der Waals surface area contributed by atoms with Gasteiger partial charge in [-0.05, 0) is 39.4 Å². The summed E-state index contributed by atoms with van der Waals surface area (Å²) >= 11 is 1.24. The van der Waals surface area contributed by atoms with Crippen LogP contribution < -0.4 is 16.0 Å². The molecule has 0 saturated carbocycles. The molecule has 22 nitrogen and oxygen atoms in total. The van der Waals surface area contributed by atoms with Crippen molar-refractivity contribution in [2.75, 3.05) is 25.1 Å². The summed E-state index contributed by atoms with van der Waals surface area (Å²) < 4.78 is 14.6. The standard InChI is InChI=1S/C14H24N2O8S.C11H19NO6.C9H16O5/c1-3-6-9(18)11(24-14(23)10(6)19)12(20)15-4-8(17)16-7(5-25-2)13(21)22;1-3-6-7(14)9(18-11(17)8(6)15)10(16)12-4-5(2)13;1-3-5-6(11)8(4(2)10)14-9(13)7(5)12/h6-7,9-11,14,18-19,23H,3-5H2,1-2H3,(H,15,20)(H,16,17)(H,21,22);6-9,11,14-15,17H,3-4H2,1-2H3,(H,12,16);5-9,11-13H,3H2,1-2H3/t6?,7-,9?,10?,11?,14?;;/m0../s1. The lowest BCUT2D eigenvalue weighted by Gasteiger charge is -2.39. The molecule has 3 heterocycles. The predicted molar refractivity (Wildman–Crippen MR) is 195 cm³/mol. The summed E-state index contributed by atoms with van der Waals surface area (Å²) in [7, 11) is 0. The van der Waals surface area contributed by atoms with E-state index < -0.39 is 128 Å². The van der Waals surface area contributed by atoms with E-state index in [1.807, 2.05) is 0 Å². The number of Topliss-reactive ketones (excluding diaryl/α,β-unsaturated/α-hetero) is 2. The highest BCUT2D eigenvalue weighted by molar-refractivity contribution is 7.98. The van der Waals surface area contributed by atoms with Crippen LogP contribution in [-0.2, 0) is 43.0 Å². The molecule has 15 unspecified atom stereocenters. The van der Waals surface area contributed by atoms with Gasteiger partial charge in [-0.1, -0.05) is 20.8 Å². The first kappa shape index (κ1) is 52.1. The minimum Gasteiger partial charge on any atom is -0.480 e. The van der Waals surface area contributed by atoms with Gasteiger partial charge in [0.2, 0.25) is 5.91 Å². The third kappa shape index (κ3) is 15.0. The van der Waals surface area contributed by atoms with E-state index in [1.54, 1.807) is 27.0 Å². The van der Waals surface area contributed by atoms with Crippen molar-refractivity contribution < 1.29 is 94.0 Å². The third-order valence-electron chi connectivity index (χ3n) is 9.53. The first-order chi connectivity index (χ1) is 26.6. The Balaban J connectivity index is 0.000000447. The number of amides is 3. The largest absolute Gasteiger partial charge is 0.480 e. The number of ketones is 2. The first-order valence-electron chi connectivity index (χ1n) is 18.2. The van der Waals surface area contributed by atoms with E-state index >= 15 is 0 Å². The average Bonchev–Trinajstić information content (AvgIpc) is 3.15. The van der Waals surface area contributed by atoms with Crippen LogP contribution in [0.1, 0.15) is 53.9 Å². The number of nitrogens with one attached hydrogen (secondary N) is 3. The van der Waals surface area contributed by atoms with Crippen LogP contribution in [0.15, 0.2) is 0 Å². The average molecular weight is 846 g/mol. The van der Waals surface area contributed by atoms with Crippen LogP contribution in [0.3, 0.4) is 0 Å². The second-order valence-corrected chi connectivity index (χ2v) is 14.6. The molecule has 3 aliphatic rings. The molecule has 0 bridgehead atoms. The second kappa shape index (κ2) is 24.9. The van der Waals surface area contributed by atoms with Crippen LogP contribution in [-0.4, -0.2) is 191 Å². The number of hydrogen-bond donors (Lipinski definition) is 13. The Labute approximate surface area is 333 Å². The van der Waals surface area contributed by atoms with Crippen LogP contribution in [0.4, 0.5) is 0 Å². The minimum absolute atomic E-state index is 0.166. The quantitative estimate of drug-likeness (QED) is 0.0776. The molecule has 3 aliphatic heterocycles. The molecule has 0 spiro atoms. The molecule has 0 aromatic carbocycles. The van der Waals surface area contributed by atoms with Crippen LogP contribution in [0, 0.1) is 17.8 Å². The van der Waals surface area contributed by atoms with E-state index in [0.717, 1.165) is 0 Å². The fourth-order valence-corrected chi connectivity index (χ4v) is 6.79. The Hall–Kier alpha value is -2.91. The molecule has 23 heteroatoms. The summed E-state index contributed by atoms with van der Waals surface area (Å²) in [4.78, 5) is 68.3. The number of carboxylic acids is 1. The van der Waals surface area contributed by atoms with Crippen molar-refractivity contribution in [2.24, 2.45) is 17.8 Å². The monoisotopic (exact) mass is 845 g/mol. The Bertz CT molecular complexity index is 1330. The molecule has 3 fully saturated rings. The molecule has 0 aliphatic carbocycles. The van der Waals surface area contributed by atoms with Gasteiger partial charge in [0.15, 0.2) is 36.9 Å². The number of hydrogen-bond acceptors (Lipinski definition) is 19. The Morgan fingerprint density at radius 2 is 0.930 bits per heavy atom. The lowest BCUT2D eigenvalue weighted by atomic mass is 9.86. The molecule has 16 atom stereocenters. The molecule has 0 radical (unpaired) electrons. The van der Waals surface area contributed by atoms with Crippen molar-refractivity contribution in [1.82, 2.24) is 16.0 Å². The van der Waals surface area contributed by atoms with Crippen LogP contribution in [0.5, 0.6) is 0 Å². The number of aliphatic hydroxyl groups is 9. The zero-order valence-corrected chi connectivity index (χ0v) is 33.4. The van der Waals surface area contributed by atoms with Gasteiger partial charge in [-0.3, -0.25) is 24.0 Å². The van der Waals surface area contributed by atoms with Crippen LogP contribution in [0.25, 0.3) is 0 Å². The van der Waals surface area contributed by atoms with Gasteiger partial charge >= 0.3 is 5.97 Å². The van der Waals surface area contributed by atoms with Crippen molar-refractivity contribution in [3.05, 3.63) is 0 Å². The van der Waals surface area contributed by atoms with E-state index in [4.69, 9.17) is 19.3 Å². The summed E-state index contributed by atoms with van der Waals surface area (Å²) in [6.45, 7) is 7.08. The summed E-state index contributed by atoms with van der Waals surface area (Å²) in [5, 5.41) is 103. The summed E-state index contributed by atoms with van der Waals surface area (Å²) in [6, 6.07) is -1.09. The second-order valence-electron chi connectivity index (χ2n) is 13.7. The summed E-state index contributed by atoms with van der Waals surface area (Å²) in [5.74, 6) is -5.77. The smallest absolute Gasteiger partial charge is 0.327 e. The lowest BCUT2D eigenvalue weighted by molar-refractivity contribution is -0.263. The van der Waals surface area contributed by atoms with Gasteiger partial charge in [0.25, 0.3) is 11.8 Å². The zero-order valence-electron chi connectivity index (χ0n) is 32.5. The molecular weight excluding hydrogens is 786 g/mol. The predicted octanol–water partition coefficient (Wildman–Crippen LogP) is -5.30. The lowest BCUT2D eigenvalue weighted by Crippen LogP contribution is -2.59. The normalized spacial score (nSPS) is 35.5. The van der Waals surface area contributed by atoms with Crippen molar-refractivity contribution >= 4 is 47.0 Å². The molecule has 3 saturated heterocycles. The van der Waals surface area contributed by atoms with Crippen molar-refractivity contribution in [3.63, 3.8) is 0 Å². The van der Waals surface area contributed by atoms with Gasteiger partial charge in [-0.15, -0.1) is 0 Å². The number of aliphatic carboxylic acids is 1. The van der Waals surface area contributed by atoms with Crippen LogP contribution in [0.2, 0.25) is 0 Å². The van der Waals surface area contributed by atoms with E-state index in [-0.39, 0.29) is 23.9 Å². The maximum Gasteiger partial charge on any atom is 0.327 e. The van der Waals surface area contributed by atoms with Gasteiger partial charge in [-0.25, -0.2) is 4.79 Å². The third-order valence-corrected chi connectivity index (χ3v) is 10.2. The van der Waals surface area contributed by atoms with Crippen molar-refractivity contribution in [3.8, 4) is 0 Å².